The lowest BCUT2D eigenvalue weighted by atomic mass is 9.96. The largest absolute Gasteiger partial charge is 0.469 e. The van der Waals surface area contributed by atoms with Crippen LogP contribution in [0.15, 0.2) is 0 Å². The monoisotopic (exact) mass is 200 g/mol. The third-order valence-corrected chi connectivity index (χ3v) is 2.59. The summed E-state index contributed by atoms with van der Waals surface area (Å²) in [6.07, 6.45) is 1.94. The van der Waals surface area contributed by atoms with E-state index in [0.29, 0.717) is 12.8 Å². The zero-order valence-electron chi connectivity index (χ0n) is 9.50. The number of carbonyl (C=O) groups is 2. The molecule has 0 aromatic heterocycles. The summed E-state index contributed by atoms with van der Waals surface area (Å²) in [5, 5.41) is 0. The summed E-state index contributed by atoms with van der Waals surface area (Å²) in [5.41, 5.74) is 0. The predicted octanol–water partition coefficient (Wildman–Crippen LogP) is 2.19. The first-order chi connectivity index (χ1) is 6.52. The number of methoxy groups -OCH3 is 1. The van der Waals surface area contributed by atoms with E-state index in [1.165, 1.54) is 7.11 Å². The van der Waals surface area contributed by atoms with Gasteiger partial charge in [-0.3, -0.25) is 9.59 Å². The van der Waals surface area contributed by atoms with Gasteiger partial charge in [-0.05, 0) is 12.8 Å². The van der Waals surface area contributed by atoms with Gasteiger partial charge in [0.15, 0.2) is 0 Å². The Bertz CT molecular complexity index is 199. The molecule has 0 aliphatic carbocycles. The molecule has 0 aromatic carbocycles. The molecule has 0 bridgehead atoms. The van der Waals surface area contributed by atoms with E-state index in [1.54, 1.807) is 6.92 Å². The normalized spacial score (nSPS) is 14.6. The lowest BCUT2D eigenvalue weighted by Crippen LogP contribution is -2.16. The standard InChI is InChI=1S/C11H20O3/c1-5-8(2)10(12)7-6-9(3)11(13)14-4/h8-9H,5-7H2,1-4H3. The predicted molar refractivity (Wildman–Crippen MR) is 54.9 cm³/mol. The van der Waals surface area contributed by atoms with Crippen LogP contribution in [0.2, 0.25) is 0 Å². The number of rotatable bonds is 6. The summed E-state index contributed by atoms with van der Waals surface area (Å²) >= 11 is 0. The van der Waals surface area contributed by atoms with E-state index in [9.17, 15) is 9.59 Å². The zero-order chi connectivity index (χ0) is 11.1. The number of ketones is 1. The molecule has 2 atom stereocenters. The maximum atomic E-state index is 11.4. The fourth-order valence-electron chi connectivity index (χ4n) is 1.15. The highest BCUT2D eigenvalue weighted by atomic mass is 16.5. The lowest BCUT2D eigenvalue weighted by molar-refractivity contribution is -0.145. The minimum Gasteiger partial charge on any atom is -0.469 e. The summed E-state index contributed by atoms with van der Waals surface area (Å²) in [6, 6.07) is 0. The van der Waals surface area contributed by atoms with E-state index in [2.05, 4.69) is 4.74 Å². The van der Waals surface area contributed by atoms with Crippen LogP contribution in [0.4, 0.5) is 0 Å². The van der Waals surface area contributed by atoms with E-state index >= 15 is 0 Å². The first kappa shape index (κ1) is 13.1. The molecule has 0 N–H and O–H groups in total. The molecule has 0 aliphatic heterocycles. The fraction of sp³-hybridized carbons (Fsp3) is 0.818. The fourth-order valence-corrected chi connectivity index (χ4v) is 1.15. The molecule has 0 rings (SSSR count). The molecule has 0 fully saturated rings. The van der Waals surface area contributed by atoms with Gasteiger partial charge in [-0.15, -0.1) is 0 Å². The van der Waals surface area contributed by atoms with Crippen molar-refractivity contribution in [2.24, 2.45) is 11.8 Å². The number of hydrogen-bond donors (Lipinski definition) is 0. The average Bonchev–Trinajstić information content (AvgIpc) is 2.22. The van der Waals surface area contributed by atoms with Crippen LogP contribution in [0.1, 0.15) is 40.0 Å². The van der Waals surface area contributed by atoms with Gasteiger partial charge in [0, 0.05) is 12.3 Å². The van der Waals surface area contributed by atoms with Gasteiger partial charge in [0.2, 0.25) is 0 Å². The third kappa shape index (κ3) is 4.40. The molecular weight excluding hydrogens is 180 g/mol. The highest BCUT2D eigenvalue weighted by Gasteiger charge is 2.16. The van der Waals surface area contributed by atoms with Gasteiger partial charge >= 0.3 is 5.97 Å². The van der Waals surface area contributed by atoms with Gasteiger partial charge in [-0.2, -0.15) is 0 Å². The maximum absolute atomic E-state index is 11.4. The summed E-state index contributed by atoms with van der Waals surface area (Å²) in [6.45, 7) is 5.70. The molecule has 0 saturated carbocycles. The van der Waals surface area contributed by atoms with Gasteiger partial charge in [0.25, 0.3) is 0 Å². The summed E-state index contributed by atoms with van der Waals surface area (Å²) in [7, 11) is 1.37. The number of Topliss-reactive ketones (excluding diaryl/α,β-unsaturated/α-hetero) is 1. The van der Waals surface area contributed by atoms with Crippen LogP contribution in [-0.2, 0) is 14.3 Å². The van der Waals surface area contributed by atoms with Crippen molar-refractivity contribution in [1.82, 2.24) is 0 Å². The highest BCUT2D eigenvalue weighted by Crippen LogP contribution is 2.12. The molecule has 3 nitrogen and oxygen atoms in total. The maximum Gasteiger partial charge on any atom is 0.308 e. The second-order valence-electron chi connectivity index (χ2n) is 3.74. The molecule has 0 saturated heterocycles. The van der Waals surface area contributed by atoms with Crippen LogP contribution in [-0.4, -0.2) is 18.9 Å². The van der Waals surface area contributed by atoms with Crippen molar-refractivity contribution in [3.8, 4) is 0 Å². The van der Waals surface area contributed by atoms with Gasteiger partial charge in [-0.25, -0.2) is 0 Å². The molecule has 2 unspecified atom stereocenters. The third-order valence-electron chi connectivity index (χ3n) is 2.59. The van der Waals surface area contributed by atoms with Crippen LogP contribution >= 0.6 is 0 Å². The Morgan fingerprint density at radius 3 is 2.21 bits per heavy atom. The molecule has 0 amide bonds. The Hall–Kier alpha value is -0.860. The average molecular weight is 200 g/mol. The summed E-state index contributed by atoms with van der Waals surface area (Å²) in [4.78, 5) is 22.5. The van der Waals surface area contributed by atoms with Crippen molar-refractivity contribution in [3.63, 3.8) is 0 Å². The van der Waals surface area contributed by atoms with Crippen molar-refractivity contribution in [3.05, 3.63) is 0 Å². The Kier molecular flexibility index (Phi) is 6.17. The Morgan fingerprint density at radius 2 is 1.79 bits per heavy atom. The van der Waals surface area contributed by atoms with Crippen molar-refractivity contribution >= 4 is 11.8 Å². The molecule has 82 valence electrons. The Morgan fingerprint density at radius 1 is 1.21 bits per heavy atom. The molecule has 0 spiro atoms. The van der Waals surface area contributed by atoms with Crippen molar-refractivity contribution in [2.75, 3.05) is 7.11 Å². The summed E-state index contributed by atoms with van der Waals surface area (Å²) in [5.74, 6) is -0.0574. The molecule has 3 heteroatoms. The van der Waals surface area contributed by atoms with Crippen molar-refractivity contribution in [1.29, 1.82) is 0 Å². The van der Waals surface area contributed by atoms with Crippen molar-refractivity contribution < 1.29 is 14.3 Å². The van der Waals surface area contributed by atoms with Gasteiger partial charge in [0.05, 0.1) is 13.0 Å². The Balaban J connectivity index is 3.82. The zero-order valence-corrected chi connectivity index (χ0v) is 9.50. The molecule has 0 aromatic rings. The minimum absolute atomic E-state index is 0.111. The van der Waals surface area contributed by atoms with E-state index in [0.717, 1.165) is 6.42 Å². The lowest BCUT2D eigenvalue weighted by Gasteiger charge is -2.10. The molecule has 0 aliphatic rings. The van der Waals surface area contributed by atoms with Crippen LogP contribution in [0.25, 0.3) is 0 Å². The molecule has 14 heavy (non-hydrogen) atoms. The van der Waals surface area contributed by atoms with Crippen molar-refractivity contribution in [2.45, 2.75) is 40.0 Å². The van der Waals surface area contributed by atoms with Gasteiger partial charge in [0.1, 0.15) is 5.78 Å². The molecule has 0 radical (unpaired) electrons. The van der Waals surface area contributed by atoms with Crippen LogP contribution in [0.5, 0.6) is 0 Å². The second kappa shape index (κ2) is 6.57. The summed E-state index contributed by atoms with van der Waals surface area (Å²) < 4.78 is 4.58. The van der Waals surface area contributed by atoms with Gasteiger partial charge in [-0.1, -0.05) is 20.8 Å². The van der Waals surface area contributed by atoms with E-state index in [-0.39, 0.29) is 23.6 Å². The Labute approximate surface area is 85.8 Å². The first-order valence-corrected chi connectivity index (χ1v) is 5.13. The number of ether oxygens (including phenoxy) is 1. The highest BCUT2D eigenvalue weighted by molar-refractivity contribution is 5.81. The number of hydrogen-bond acceptors (Lipinski definition) is 3. The second-order valence-corrected chi connectivity index (χ2v) is 3.74. The van der Waals surface area contributed by atoms with Crippen LogP contribution in [0, 0.1) is 11.8 Å². The SMILES string of the molecule is CCC(C)C(=O)CCC(C)C(=O)OC. The molecular formula is C11H20O3. The van der Waals surface area contributed by atoms with E-state index < -0.39 is 0 Å². The topological polar surface area (TPSA) is 43.4 Å². The van der Waals surface area contributed by atoms with Crippen LogP contribution < -0.4 is 0 Å². The smallest absolute Gasteiger partial charge is 0.308 e. The van der Waals surface area contributed by atoms with Gasteiger partial charge < -0.3 is 4.74 Å². The van der Waals surface area contributed by atoms with Crippen LogP contribution in [0.3, 0.4) is 0 Å². The number of carbonyl (C=O) groups excluding carboxylic acids is 2. The quantitative estimate of drug-likeness (QED) is 0.617. The number of esters is 1. The first-order valence-electron chi connectivity index (χ1n) is 5.13. The molecule has 0 heterocycles. The van der Waals surface area contributed by atoms with E-state index in [4.69, 9.17) is 0 Å². The van der Waals surface area contributed by atoms with E-state index in [1.807, 2.05) is 13.8 Å². The minimum atomic E-state index is -0.234.